The number of alkyl carbamates (subject to hydrolysis) is 1. The molecule has 0 unspecified atom stereocenters. The molecule has 160 valence electrons. The predicted molar refractivity (Wildman–Crippen MR) is 117 cm³/mol. The molecule has 0 spiro atoms. The number of para-hydroxylation sites is 1. The number of benzene rings is 1. The van der Waals surface area contributed by atoms with Crippen LogP contribution in [0.4, 0.5) is 10.5 Å². The predicted octanol–water partition coefficient (Wildman–Crippen LogP) is 5.58. The number of nitrogens with one attached hydrogen (secondary N) is 2. The normalized spacial score (nSPS) is 12.6. The minimum Gasteiger partial charge on any atom is -0.444 e. The third-order valence-corrected chi connectivity index (χ3v) is 4.66. The van der Waals surface area contributed by atoms with Crippen LogP contribution in [0.25, 0.3) is 0 Å². The summed E-state index contributed by atoms with van der Waals surface area (Å²) in [6, 6.07) is 7.98. The van der Waals surface area contributed by atoms with Crippen LogP contribution in [0, 0.1) is 0 Å². The monoisotopic (exact) mass is 392 g/mol. The van der Waals surface area contributed by atoms with Gasteiger partial charge in [-0.3, -0.25) is 0 Å². The highest BCUT2D eigenvalue weighted by atomic mass is 16.6. The van der Waals surface area contributed by atoms with Crippen LogP contribution in [0.3, 0.4) is 0 Å². The molecule has 3 N–H and O–H groups in total. The summed E-state index contributed by atoms with van der Waals surface area (Å²) in [6.07, 6.45) is 3.66. The largest absolute Gasteiger partial charge is 0.444 e. The van der Waals surface area contributed by atoms with Gasteiger partial charge in [0, 0.05) is 23.3 Å². The molecule has 0 saturated carbocycles. The lowest BCUT2D eigenvalue weighted by atomic mass is 9.84. The highest BCUT2D eigenvalue weighted by molar-refractivity contribution is 5.68. The average Bonchev–Trinajstić information content (AvgIpc) is 2.53. The van der Waals surface area contributed by atoms with Crippen molar-refractivity contribution in [3.63, 3.8) is 0 Å². The van der Waals surface area contributed by atoms with E-state index in [1.165, 1.54) is 0 Å². The van der Waals surface area contributed by atoms with Gasteiger partial charge < -0.3 is 20.5 Å². The molecule has 0 heterocycles. The smallest absolute Gasteiger partial charge is 0.408 e. The Hall–Kier alpha value is -1.75. The van der Waals surface area contributed by atoms with Gasteiger partial charge in [-0.15, -0.1) is 0 Å². The molecule has 0 saturated heterocycles. The molecule has 28 heavy (non-hydrogen) atoms. The van der Waals surface area contributed by atoms with Gasteiger partial charge in [-0.25, -0.2) is 4.79 Å². The standard InChI is InChI=1S/C23H40N2O3/c1-8-14-23(27,15-9-2)18-12-10-11-13-19(18)24-17-16-22(6,7)25-20(26)28-21(3,4)5/h10-13,24,27H,8-9,14-17H2,1-7H3,(H,25,26). The highest BCUT2D eigenvalue weighted by Gasteiger charge is 2.30. The van der Waals surface area contributed by atoms with E-state index >= 15 is 0 Å². The summed E-state index contributed by atoms with van der Waals surface area (Å²) >= 11 is 0. The van der Waals surface area contributed by atoms with Crippen molar-refractivity contribution in [1.82, 2.24) is 5.32 Å². The maximum atomic E-state index is 12.1. The molecule has 0 aliphatic carbocycles. The molecule has 0 fully saturated rings. The van der Waals surface area contributed by atoms with Crippen molar-refractivity contribution in [1.29, 1.82) is 0 Å². The second-order valence-electron chi connectivity index (χ2n) is 9.26. The van der Waals surface area contributed by atoms with Crippen LogP contribution in [0.1, 0.15) is 86.1 Å². The molecule has 0 aliphatic heterocycles. The summed E-state index contributed by atoms with van der Waals surface area (Å²) in [5.41, 5.74) is 0.183. The molecular weight excluding hydrogens is 352 g/mol. The third kappa shape index (κ3) is 8.09. The second kappa shape index (κ2) is 10.1. The Morgan fingerprint density at radius 1 is 1.00 bits per heavy atom. The van der Waals surface area contributed by atoms with E-state index in [0.29, 0.717) is 6.54 Å². The molecule has 0 atom stereocenters. The van der Waals surface area contributed by atoms with Gasteiger partial charge in [-0.2, -0.15) is 0 Å². The molecule has 5 nitrogen and oxygen atoms in total. The molecule has 0 aromatic heterocycles. The topological polar surface area (TPSA) is 70.6 Å². The minimum absolute atomic E-state index is 0.404. The third-order valence-electron chi connectivity index (χ3n) is 4.66. The summed E-state index contributed by atoms with van der Waals surface area (Å²) in [7, 11) is 0. The van der Waals surface area contributed by atoms with Crippen molar-refractivity contribution in [3.05, 3.63) is 29.8 Å². The van der Waals surface area contributed by atoms with Crippen LogP contribution >= 0.6 is 0 Å². The van der Waals surface area contributed by atoms with E-state index < -0.39 is 22.8 Å². The number of carbonyl (C=O) groups excluding carboxylic acids is 1. The molecule has 5 heteroatoms. The molecular formula is C23H40N2O3. The van der Waals surface area contributed by atoms with E-state index in [9.17, 15) is 9.90 Å². The van der Waals surface area contributed by atoms with Crippen LogP contribution in [-0.4, -0.2) is 28.9 Å². The van der Waals surface area contributed by atoms with E-state index in [2.05, 4.69) is 24.5 Å². The zero-order valence-electron chi connectivity index (χ0n) is 18.8. The van der Waals surface area contributed by atoms with E-state index in [4.69, 9.17) is 4.74 Å². The number of carbonyl (C=O) groups is 1. The van der Waals surface area contributed by atoms with Crippen molar-refractivity contribution in [2.75, 3.05) is 11.9 Å². The highest BCUT2D eigenvalue weighted by Crippen LogP contribution is 2.36. The Balaban J connectivity index is 2.76. The number of hydrogen-bond donors (Lipinski definition) is 3. The first kappa shape index (κ1) is 24.3. The van der Waals surface area contributed by atoms with Gasteiger partial charge in [0.05, 0.1) is 5.60 Å². The van der Waals surface area contributed by atoms with Gasteiger partial charge in [0.25, 0.3) is 0 Å². The molecule has 1 aromatic carbocycles. The van der Waals surface area contributed by atoms with Crippen LogP contribution in [0.15, 0.2) is 24.3 Å². The number of anilines is 1. The van der Waals surface area contributed by atoms with Crippen LogP contribution in [0.5, 0.6) is 0 Å². The number of amides is 1. The molecule has 0 aliphatic rings. The van der Waals surface area contributed by atoms with Crippen molar-refractivity contribution in [2.45, 2.75) is 97.3 Å². The van der Waals surface area contributed by atoms with E-state index in [1.807, 2.05) is 58.9 Å². The lowest BCUT2D eigenvalue weighted by Crippen LogP contribution is -2.46. The first-order valence-corrected chi connectivity index (χ1v) is 10.5. The van der Waals surface area contributed by atoms with Crippen molar-refractivity contribution in [2.24, 2.45) is 0 Å². The Bertz CT molecular complexity index is 615. The first-order valence-electron chi connectivity index (χ1n) is 10.5. The van der Waals surface area contributed by atoms with Crippen molar-refractivity contribution >= 4 is 11.8 Å². The van der Waals surface area contributed by atoms with Gasteiger partial charge in [-0.05, 0) is 59.9 Å². The number of aliphatic hydroxyl groups is 1. The zero-order valence-corrected chi connectivity index (χ0v) is 18.8. The van der Waals surface area contributed by atoms with Crippen molar-refractivity contribution in [3.8, 4) is 0 Å². The summed E-state index contributed by atoms with van der Waals surface area (Å²) in [5, 5.41) is 17.6. The Labute approximate surface area is 171 Å². The van der Waals surface area contributed by atoms with Gasteiger partial charge in [-0.1, -0.05) is 44.9 Å². The fraction of sp³-hybridized carbons (Fsp3) is 0.696. The average molecular weight is 393 g/mol. The fourth-order valence-electron chi connectivity index (χ4n) is 3.42. The molecule has 1 amide bonds. The molecule has 1 aromatic rings. The summed E-state index contributed by atoms with van der Waals surface area (Å²) < 4.78 is 5.35. The summed E-state index contributed by atoms with van der Waals surface area (Å²) in [4.78, 5) is 12.1. The fourth-order valence-corrected chi connectivity index (χ4v) is 3.42. The van der Waals surface area contributed by atoms with E-state index in [1.54, 1.807) is 0 Å². The van der Waals surface area contributed by atoms with E-state index in [-0.39, 0.29) is 0 Å². The number of rotatable bonds is 10. The maximum absolute atomic E-state index is 12.1. The molecule has 0 radical (unpaired) electrons. The van der Waals surface area contributed by atoms with Crippen LogP contribution < -0.4 is 10.6 Å². The quantitative estimate of drug-likeness (QED) is 0.486. The maximum Gasteiger partial charge on any atom is 0.408 e. The number of ether oxygens (including phenoxy) is 1. The zero-order chi connectivity index (χ0) is 21.4. The Morgan fingerprint density at radius 3 is 2.11 bits per heavy atom. The molecule has 0 bridgehead atoms. The first-order chi connectivity index (χ1) is 12.9. The Kier molecular flexibility index (Phi) is 8.80. The number of hydrogen-bond acceptors (Lipinski definition) is 4. The molecule has 1 rings (SSSR count). The van der Waals surface area contributed by atoms with Gasteiger partial charge in [0.2, 0.25) is 0 Å². The van der Waals surface area contributed by atoms with Crippen LogP contribution in [-0.2, 0) is 10.3 Å². The minimum atomic E-state index is -0.808. The summed E-state index contributed by atoms with van der Waals surface area (Å²) in [6.45, 7) is 14.4. The lowest BCUT2D eigenvalue weighted by molar-refractivity contribution is 0.0176. The SMILES string of the molecule is CCCC(O)(CCC)c1ccccc1NCCC(C)(C)NC(=O)OC(C)(C)C. The summed E-state index contributed by atoms with van der Waals surface area (Å²) in [5.74, 6) is 0. The Morgan fingerprint density at radius 2 is 1.57 bits per heavy atom. The second-order valence-corrected chi connectivity index (χ2v) is 9.26. The lowest BCUT2D eigenvalue weighted by Gasteiger charge is -2.31. The van der Waals surface area contributed by atoms with Gasteiger partial charge >= 0.3 is 6.09 Å². The van der Waals surface area contributed by atoms with Gasteiger partial charge in [0.1, 0.15) is 5.60 Å². The van der Waals surface area contributed by atoms with E-state index in [0.717, 1.165) is 43.4 Å². The van der Waals surface area contributed by atoms with Crippen LogP contribution in [0.2, 0.25) is 0 Å². The van der Waals surface area contributed by atoms with Crippen molar-refractivity contribution < 1.29 is 14.6 Å². The van der Waals surface area contributed by atoms with Gasteiger partial charge in [0.15, 0.2) is 0 Å².